The lowest BCUT2D eigenvalue weighted by Crippen LogP contribution is -2.29. The lowest BCUT2D eigenvalue weighted by molar-refractivity contribution is 0.255. The van der Waals surface area contributed by atoms with E-state index in [0.717, 1.165) is 19.5 Å². The van der Waals surface area contributed by atoms with Crippen molar-refractivity contribution in [3.63, 3.8) is 0 Å². The molecule has 2 heteroatoms. The Kier molecular flexibility index (Phi) is 6.79. The smallest absolute Gasteiger partial charge is 0.123 e. The van der Waals surface area contributed by atoms with Crippen LogP contribution in [-0.2, 0) is 6.42 Å². The first-order chi connectivity index (χ1) is 11.1. The third-order valence-electron chi connectivity index (χ3n) is 4.59. The number of piperidine rings is 1. The second kappa shape index (κ2) is 8.83. The standard InChI is InChI=1S/C12H16FN.C9H12/c1-14-8-6-11(7-9-14)10-2-4-12(13)5-3-10;1-3-9-6-4-8(2)5-7-9/h2-5,11H,6-9H2,1H3;4-7H,3H2,1-2H3. The molecule has 0 N–H and O–H groups in total. The van der Waals surface area contributed by atoms with E-state index in [1.165, 1.54) is 29.5 Å². The van der Waals surface area contributed by atoms with Crippen LogP contribution in [-0.4, -0.2) is 25.0 Å². The molecule has 23 heavy (non-hydrogen) atoms. The molecule has 2 aromatic rings. The molecular formula is C21H28FN. The Morgan fingerprint density at radius 2 is 1.52 bits per heavy atom. The van der Waals surface area contributed by atoms with Gasteiger partial charge in [-0.3, -0.25) is 0 Å². The van der Waals surface area contributed by atoms with E-state index in [4.69, 9.17) is 0 Å². The van der Waals surface area contributed by atoms with Crippen molar-refractivity contribution < 1.29 is 4.39 Å². The first-order valence-electron chi connectivity index (χ1n) is 8.58. The second-order valence-corrected chi connectivity index (χ2v) is 6.47. The van der Waals surface area contributed by atoms with Gasteiger partial charge in [-0.25, -0.2) is 4.39 Å². The zero-order valence-corrected chi connectivity index (χ0v) is 14.6. The predicted octanol–water partition coefficient (Wildman–Crippen LogP) is 5.19. The highest BCUT2D eigenvalue weighted by Gasteiger charge is 2.17. The van der Waals surface area contributed by atoms with E-state index in [0.29, 0.717) is 5.92 Å². The van der Waals surface area contributed by atoms with Gasteiger partial charge in [0.2, 0.25) is 0 Å². The summed E-state index contributed by atoms with van der Waals surface area (Å²) in [4.78, 5) is 2.35. The van der Waals surface area contributed by atoms with Crippen molar-refractivity contribution in [3.8, 4) is 0 Å². The summed E-state index contributed by atoms with van der Waals surface area (Å²) in [6, 6.07) is 15.6. The Labute approximate surface area is 140 Å². The van der Waals surface area contributed by atoms with Gasteiger partial charge in [-0.2, -0.15) is 0 Å². The topological polar surface area (TPSA) is 3.24 Å². The number of aryl methyl sites for hydroxylation is 2. The average molecular weight is 313 g/mol. The zero-order chi connectivity index (χ0) is 16.7. The Balaban J connectivity index is 0.000000185. The maximum absolute atomic E-state index is 12.7. The summed E-state index contributed by atoms with van der Waals surface area (Å²) < 4.78 is 12.7. The van der Waals surface area contributed by atoms with Gasteiger partial charge < -0.3 is 4.90 Å². The summed E-state index contributed by atoms with van der Waals surface area (Å²) in [7, 11) is 2.15. The summed E-state index contributed by atoms with van der Waals surface area (Å²) >= 11 is 0. The highest BCUT2D eigenvalue weighted by Crippen LogP contribution is 2.27. The van der Waals surface area contributed by atoms with E-state index < -0.39 is 0 Å². The summed E-state index contributed by atoms with van der Waals surface area (Å²) in [6.07, 6.45) is 3.53. The number of hydrogen-bond donors (Lipinski definition) is 0. The lowest BCUT2D eigenvalue weighted by atomic mass is 9.90. The molecule has 0 unspecified atom stereocenters. The number of nitrogens with zero attached hydrogens (tertiary/aromatic N) is 1. The van der Waals surface area contributed by atoms with E-state index in [2.05, 4.69) is 50.1 Å². The van der Waals surface area contributed by atoms with Gasteiger partial charge in [-0.15, -0.1) is 0 Å². The van der Waals surface area contributed by atoms with Gasteiger partial charge in [0, 0.05) is 0 Å². The summed E-state index contributed by atoms with van der Waals surface area (Å²) in [6.45, 7) is 6.59. The fourth-order valence-corrected chi connectivity index (χ4v) is 2.90. The summed E-state index contributed by atoms with van der Waals surface area (Å²) in [5.41, 5.74) is 4.05. The molecule has 1 aliphatic heterocycles. The fourth-order valence-electron chi connectivity index (χ4n) is 2.90. The average Bonchev–Trinajstić information content (AvgIpc) is 2.58. The molecule has 0 atom stereocenters. The van der Waals surface area contributed by atoms with Crippen LogP contribution in [0.15, 0.2) is 48.5 Å². The molecule has 1 fully saturated rings. The molecule has 0 bridgehead atoms. The van der Waals surface area contributed by atoms with E-state index >= 15 is 0 Å². The molecule has 0 aromatic heterocycles. The van der Waals surface area contributed by atoms with Crippen molar-refractivity contribution in [1.29, 1.82) is 0 Å². The fraction of sp³-hybridized carbons (Fsp3) is 0.429. The number of hydrogen-bond acceptors (Lipinski definition) is 1. The third kappa shape index (κ3) is 5.80. The van der Waals surface area contributed by atoms with Crippen molar-refractivity contribution in [1.82, 2.24) is 4.90 Å². The maximum Gasteiger partial charge on any atom is 0.123 e. The molecule has 3 rings (SSSR count). The van der Waals surface area contributed by atoms with E-state index in [1.807, 2.05) is 12.1 Å². The number of rotatable bonds is 2. The van der Waals surface area contributed by atoms with Gasteiger partial charge in [0.1, 0.15) is 5.82 Å². The molecule has 0 spiro atoms. The first-order valence-corrected chi connectivity index (χ1v) is 8.58. The minimum absolute atomic E-state index is 0.137. The molecule has 0 radical (unpaired) electrons. The molecule has 2 aromatic carbocycles. The summed E-state index contributed by atoms with van der Waals surface area (Å²) in [5, 5.41) is 0. The zero-order valence-electron chi connectivity index (χ0n) is 14.6. The SMILES string of the molecule is CCc1ccc(C)cc1.CN1CCC(c2ccc(F)cc2)CC1. The highest BCUT2D eigenvalue weighted by atomic mass is 19.1. The van der Waals surface area contributed by atoms with Gasteiger partial charge in [-0.05, 0) is 75.5 Å². The van der Waals surface area contributed by atoms with Crippen LogP contribution in [0.25, 0.3) is 0 Å². The molecule has 0 saturated carbocycles. The van der Waals surface area contributed by atoms with Gasteiger partial charge in [0.15, 0.2) is 0 Å². The minimum atomic E-state index is -0.137. The van der Waals surface area contributed by atoms with Crippen molar-refractivity contribution in [3.05, 3.63) is 71.0 Å². The maximum atomic E-state index is 12.7. The molecule has 1 aliphatic rings. The Hall–Kier alpha value is -1.67. The first kappa shape index (κ1) is 17.7. The lowest BCUT2D eigenvalue weighted by Gasteiger charge is -2.29. The molecular weight excluding hydrogens is 285 g/mol. The van der Waals surface area contributed by atoms with Crippen molar-refractivity contribution in [2.45, 2.75) is 39.0 Å². The number of halogens is 1. The van der Waals surface area contributed by atoms with Crippen LogP contribution < -0.4 is 0 Å². The van der Waals surface area contributed by atoms with Crippen molar-refractivity contribution in [2.24, 2.45) is 0 Å². The van der Waals surface area contributed by atoms with Crippen LogP contribution in [0.5, 0.6) is 0 Å². The van der Waals surface area contributed by atoms with Crippen molar-refractivity contribution >= 4 is 0 Å². The van der Waals surface area contributed by atoms with Crippen LogP contribution in [0.4, 0.5) is 4.39 Å². The second-order valence-electron chi connectivity index (χ2n) is 6.47. The monoisotopic (exact) mass is 313 g/mol. The Bertz CT molecular complexity index is 566. The van der Waals surface area contributed by atoms with Gasteiger partial charge in [0.05, 0.1) is 0 Å². The van der Waals surface area contributed by atoms with E-state index in [-0.39, 0.29) is 5.82 Å². The van der Waals surface area contributed by atoms with Gasteiger partial charge in [-0.1, -0.05) is 48.9 Å². The normalized spacial score (nSPS) is 15.8. The van der Waals surface area contributed by atoms with Crippen LogP contribution in [0.1, 0.15) is 42.4 Å². The van der Waals surface area contributed by atoms with Crippen molar-refractivity contribution in [2.75, 3.05) is 20.1 Å². The quantitative estimate of drug-likeness (QED) is 0.737. The molecule has 1 nitrogen and oxygen atoms in total. The minimum Gasteiger partial charge on any atom is -0.306 e. The van der Waals surface area contributed by atoms with Crippen LogP contribution >= 0.6 is 0 Å². The number of likely N-dealkylation sites (tertiary alicyclic amines) is 1. The third-order valence-corrected chi connectivity index (χ3v) is 4.59. The molecule has 1 saturated heterocycles. The molecule has 0 aliphatic carbocycles. The van der Waals surface area contributed by atoms with Crippen LogP contribution in [0.3, 0.4) is 0 Å². The van der Waals surface area contributed by atoms with Gasteiger partial charge >= 0.3 is 0 Å². The largest absolute Gasteiger partial charge is 0.306 e. The summed E-state index contributed by atoms with van der Waals surface area (Å²) in [5.74, 6) is 0.494. The van der Waals surface area contributed by atoms with Gasteiger partial charge in [0.25, 0.3) is 0 Å². The van der Waals surface area contributed by atoms with E-state index in [1.54, 1.807) is 12.1 Å². The number of benzene rings is 2. The molecule has 124 valence electrons. The Morgan fingerprint density at radius 1 is 0.957 bits per heavy atom. The molecule has 0 amide bonds. The molecule has 1 heterocycles. The van der Waals surface area contributed by atoms with Crippen LogP contribution in [0, 0.1) is 12.7 Å². The van der Waals surface area contributed by atoms with Crippen LogP contribution in [0.2, 0.25) is 0 Å². The van der Waals surface area contributed by atoms with E-state index in [9.17, 15) is 4.39 Å². The Morgan fingerprint density at radius 3 is 2.04 bits per heavy atom. The predicted molar refractivity (Wildman–Crippen MR) is 96.4 cm³/mol. The highest BCUT2D eigenvalue weighted by molar-refractivity contribution is 5.21.